The van der Waals surface area contributed by atoms with Crippen LogP contribution in [0.2, 0.25) is 0 Å². The zero-order valence-electron chi connectivity index (χ0n) is 16.1. The predicted octanol–water partition coefficient (Wildman–Crippen LogP) is 4.37. The van der Waals surface area contributed by atoms with E-state index in [2.05, 4.69) is 25.7 Å². The number of unbranched alkanes of at least 4 members (excludes halogenated alkanes) is 5. The number of nitrogens with zero attached hydrogens (tertiary/aromatic N) is 1. The van der Waals surface area contributed by atoms with Crippen LogP contribution < -0.4 is 0 Å². The van der Waals surface area contributed by atoms with Crippen LogP contribution in [0, 0.1) is 0 Å². The molecule has 0 aromatic heterocycles. The lowest BCUT2D eigenvalue weighted by molar-refractivity contribution is 0.0104. The molecule has 0 aromatic rings. The lowest BCUT2D eigenvalue weighted by Gasteiger charge is -2.18. The third-order valence-electron chi connectivity index (χ3n) is 4.33. The van der Waals surface area contributed by atoms with Crippen LogP contribution >= 0.6 is 0 Å². The van der Waals surface area contributed by atoms with Gasteiger partial charge in [-0.25, -0.2) is 4.79 Å². The van der Waals surface area contributed by atoms with E-state index in [1.54, 1.807) is 0 Å². The number of carbonyl (C=O) groups excluding carboxylic acids is 1. The van der Waals surface area contributed by atoms with E-state index >= 15 is 0 Å². The van der Waals surface area contributed by atoms with Crippen LogP contribution in [0.3, 0.4) is 0 Å². The van der Waals surface area contributed by atoms with Gasteiger partial charge in [-0.3, -0.25) is 0 Å². The highest BCUT2D eigenvalue weighted by atomic mass is 16.7. The van der Waals surface area contributed by atoms with E-state index in [-0.39, 0.29) is 12.7 Å². The van der Waals surface area contributed by atoms with Gasteiger partial charge in [0.2, 0.25) is 0 Å². The van der Waals surface area contributed by atoms with Crippen molar-refractivity contribution in [2.75, 3.05) is 32.8 Å². The van der Waals surface area contributed by atoms with Gasteiger partial charge in [-0.1, -0.05) is 52.9 Å². The Morgan fingerprint density at radius 2 is 1.62 bits per heavy atom. The molecule has 5 nitrogen and oxygen atoms in total. The number of carbonyl (C=O) groups is 1. The third-order valence-corrected chi connectivity index (χ3v) is 4.33. The van der Waals surface area contributed by atoms with Crippen LogP contribution in [0.25, 0.3) is 0 Å². The van der Waals surface area contributed by atoms with E-state index < -0.39 is 6.16 Å². The summed E-state index contributed by atoms with van der Waals surface area (Å²) < 4.78 is 10.5. The Balaban J connectivity index is 3.81. The van der Waals surface area contributed by atoms with Crippen molar-refractivity contribution < 1.29 is 19.4 Å². The fourth-order valence-electron chi connectivity index (χ4n) is 2.71. The molecule has 0 saturated heterocycles. The van der Waals surface area contributed by atoms with Gasteiger partial charge in [0.05, 0.1) is 6.61 Å². The predicted molar refractivity (Wildman–Crippen MR) is 98.3 cm³/mol. The summed E-state index contributed by atoms with van der Waals surface area (Å²) in [6.07, 6.45) is 8.52. The average Bonchev–Trinajstić information content (AvgIpc) is 2.58. The fourth-order valence-corrected chi connectivity index (χ4v) is 2.71. The lowest BCUT2D eigenvalue weighted by atomic mass is 10.1. The molecule has 0 radical (unpaired) electrons. The first-order chi connectivity index (χ1) is 11.7. The van der Waals surface area contributed by atoms with E-state index in [0.717, 1.165) is 45.3 Å². The van der Waals surface area contributed by atoms with Crippen LogP contribution in [0.4, 0.5) is 4.79 Å². The standard InChI is InChI=1S/C19H39NO4/c1-4-7-8-9-10-11-13-18(14-16-21)24-19(22)23-17-12-15-20(5-2)6-3/h18,21H,4-17H2,1-3H3. The van der Waals surface area contributed by atoms with Gasteiger partial charge in [0.25, 0.3) is 0 Å². The average molecular weight is 346 g/mol. The van der Waals surface area contributed by atoms with Crippen molar-refractivity contribution in [2.24, 2.45) is 0 Å². The molecule has 0 fully saturated rings. The second kappa shape index (κ2) is 17.0. The Hall–Kier alpha value is -0.810. The number of ether oxygens (including phenoxy) is 2. The number of rotatable bonds is 16. The summed E-state index contributed by atoms with van der Waals surface area (Å²) in [4.78, 5) is 14.0. The van der Waals surface area contributed by atoms with Gasteiger partial charge in [0, 0.05) is 19.6 Å². The number of aliphatic hydroxyl groups excluding tert-OH is 1. The van der Waals surface area contributed by atoms with Crippen molar-refractivity contribution in [3.63, 3.8) is 0 Å². The van der Waals surface area contributed by atoms with Crippen LogP contribution in [0.1, 0.15) is 78.6 Å². The van der Waals surface area contributed by atoms with Gasteiger partial charge >= 0.3 is 6.16 Å². The summed E-state index contributed by atoms with van der Waals surface area (Å²) in [6, 6.07) is 0. The number of hydrogen-bond acceptors (Lipinski definition) is 5. The monoisotopic (exact) mass is 345 g/mol. The molecule has 1 N–H and O–H groups in total. The zero-order valence-corrected chi connectivity index (χ0v) is 16.1. The molecule has 0 aliphatic carbocycles. The Kier molecular flexibility index (Phi) is 16.5. The first-order valence-corrected chi connectivity index (χ1v) is 9.84. The topological polar surface area (TPSA) is 59.0 Å². The van der Waals surface area contributed by atoms with Crippen molar-refractivity contribution in [2.45, 2.75) is 84.7 Å². The van der Waals surface area contributed by atoms with Gasteiger partial charge < -0.3 is 19.5 Å². The van der Waals surface area contributed by atoms with Crippen molar-refractivity contribution in [1.82, 2.24) is 4.90 Å². The molecule has 0 heterocycles. The molecule has 1 unspecified atom stereocenters. The van der Waals surface area contributed by atoms with E-state index in [1.807, 2.05) is 0 Å². The minimum Gasteiger partial charge on any atom is -0.434 e. The lowest BCUT2D eigenvalue weighted by Crippen LogP contribution is -2.26. The molecular weight excluding hydrogens is 306 g/mol. The molecule has 0 bridgehead atoms. The smallest absolute Gasteiger partial charge is 0.434 e. The molecule has 0 rings (SSSR count). The van der Waals surface area contributed by atoms with Crippen molar-refractivity contribution in [3.05, 3.63) is 0 Å². The van der Waals surface area contributed by atoms with E-state index in [4.69, 9.17) is 14.6 Å². The Labute approximate surface area is 148 Å². The highest BCUT2D eigenvalue weighted by Crippen LogP contribution is 2.13. The van der Waals surface area contributed by atoms with Crippen molar-refractivity contribution in [1.29, 1.82) is 0 Å². The summed E-state index contributed by atoms with van der Waals surface area (Å²) in [5.74, 6) is 0. The Morgan fingerprint density at radius 1 is 0.958 bits per heavy atom. The molecule has 0 aliphatic heterocycles. The van der Waals surface area contributed by atoms with Crippen LogP contribution in [-0.4, -0.2) is 55.1 Å². The van der Waals surface area contributed by atoms with Gasteiger partial charge in [0.15, 0.2) is 0 Å². The fraction of sp³-hybridized carbons (Fsp3) is 0.947. The minimum atomic E-state index is -0.598. The zero-order chi connectivity index (χ0) is 18.0. The summed E-state index contributed by atoms with van der Waals surface area (Å²) in [6.45, 7) is 9.83. The summed E-state index contributed by atoms with van der Waals surface area (Å²) >= 11 is 0. The van der Waals surface area contributed by atoms with E-state index in [0.29, 0.717) is 13.0 Å². The molecule has 0 saturated carbocycles. The molecule has 1 atom stereocenters. The second-order valence-corrected chi connectivity index (χ2v) is 6.29. The molecule has 0 spiro atoms. The van der Waals surface area contributed by atoms with Gasteiger partial charge in [-0.2, -0.15) is 0 Å². The van der Waals surface area contributed by atoms with Gasteiger partial charge in [-0.05, 0) is 32.4 Å². The Bertz CT molecular complexity index is 283. The summed E-state index contributed by atoms with van der Waals surface area (Å²) in [5.41, 5.74) is 0. The second-order valence-electron chi connectivity index (χ2n) is 6.29. The largest absolute Gasteiger partial charge is 0.508 e. The van der Waals surface area contributed by atoms with E-state index in [9.17, 15) is 4.79 Å². The normalized spacial score (nSPS) is 12.4. The molecular formula is C19H39NO4. The first kappa shape index (κ1) is 23.2. The molecule has 0 aliphatic rings. The Morgan fingerprint density at radius 3 is 2.25 bits per heavy atom. The maximum atomic E-state index is 11.7. The highest BCUT2D eigenvalue weighted by molar-refractivity contribution is 5.60. The molecule has 0 amide bonds. The highest BCUT2D eigenvalue weighted by Gasteiger charge is 2.15. The van der Waals surface area contributed by atoms with Crippen LogP contribution in [-0.2, 0) is 9.47 Å². The maximum absolute atomic E-state index is 11.7. The summed E-state index contributed by atoms with van der Waals surface area (Å²) in [5, 5.41) is 9.11. The van der Waals surface area contributed by atoms with Gasteiger partial charge in [0.1, 0.15) is 6.10 Å². The van der Waals surface area contributed by atoms with Crippen molar-refractivity contribution in [3.8, 4) is 0 Å². The molecule has 5 heteroatoms. The van der Waals surface area contributed by atoms with Gasteiger partial charge in [-0.15, -0.1) is 0 Å². The maximum Gasteiger partial charge on any atom is 0.508 e. The van der Waals surface area contributed by atoms with Crippen LogP contribution in [0.5, 0.6) is 0 Å². The SMILES string of the molecule is CCCCCCCCC(CCO)OC(=O)OCCCN(CC)CC. The third kappa shape index (κ3) is 13.6. The number of hydrogen-bond donors (Lipinski definition) is 1. The minimum absolute atomic E-state index is 0.0374. The molecule has 24 heavy (non-hydrogen) atoms. The van der Waals surface area contributed by atoms with Crippen molar-refractivity contribution >= 4 is 6.16 Å². The van der Waals surface area contributed by atoms with Crippen LogP contribution in [0.15, 0.2) is 0 Å². The summed E-state index contributed by atoms with van der Waals surface area (Å²) in [7, 11) is 0. The molecule has 144 valence electrons. The molecule has 0 aromatic carbocycles. The quantitative estimate of drug-likeness (QED) is 0.332. The first-order valence-electron chi connectivity index (χ1n) is 9.84. The number of aliphatic hydroxyl groups is 1. The van der Waals surface area contributed by atoms with E-state index in [1.165, 1.54) is 25.7 Å².